The highest BCUT2D eigenvalue weighted by Crippen LogP contribution is 2.34. The maximum atomic E-state index is 14.2. The molecule has 0 atom stereocenters. The summed E-state index contributed by atoms with van der Waals surface area (Å²) in [6.07, 6.45) is 2.79. The van der Waals surface area contributed by atoms with E-state index >= 15 is 0 Å². The molecule has 1 saturated heterocycles. The molecule has 4 aromatic rings. The highest BCUT2D eigenvalue weighted by atomic mass is 32.2. The quantitative estimate of drug-likeness (QED) is 0.383. The minimum Gasteiger partial charge on any atom is -0.348 e. The average molecular weight is 517 g/mol. The minimum absolute atomic E-state index is 0.244. The summed E-state index contributed by atoms with van der Waals surface area (Å²) in [6.45, 7) is 5.76. The van der Waals surface area contributed by atoms with E-state index in [2.05, 4.69) is 25.3 Å². The zero-order chi connectivity index (χ0) is 24.7. The molecule has 5 rings (SSSR count). The molecular weight excluding hydrogens is 491 g/mol. The summed E-state index contributed by atoms with van der Waals surface area (Å²) in [4.78, 5) is 16.6. The Hall–Kier alpha value is -3.12. The monoisotopic (exact) mass is 516 g/mol. The lowest BCUT2D eigenvalue weighted by Gasteiger charge is -2.29. The van der Waals surface area contributed by atoms with Crippen LogP contribution >= 0.6 is 11.3 Å². The molecule has 4 heterocycles. The molecule has 12 heteroatoms. The van der Waals surface area contributed by atoms with E-state index in [9.17, 15) is 12.8 Å². The third-order valence-corrected chi connectivity index (χ3v) is 8.09. The Labute approximate surface area is 206 Å². The van der Waals surface area contributed by atoms with Gasteiger partial charge in [-0.15, -0.1) is 0 Å². The van der Waals surface area contributed by atoms with Gasteiger partial charge in [-0.3, -0.25) is 0 Å². The number of aromatic nitrogens is 4. The number of nitrogens with zero attached hydrogens (tertiary/aromatic N) is 5. The van der Waals surface area contributed by atoms with Crippen molar-refractivity contribution in [3.63, 3.8) is 0 Å². The van der Waals surface area contributed by atoms with Crippen LogP contribution < -0.4 is 10.2 Å². The fourth-order valence-corrected chi connectivity index (χ4v) is 5.72. The van der Waals surface area contributed by atoms with Crippen molar-refractivity contribution in [1.29, 1.82) is 0 Å². The maximum absolute atomic E-state index is 14.2. The molecule has 0 radical (unpaired) electrons. The number of rotatable bonds is 6. The van der Waals surface area contributed by atoms with Crippen molar-refractivity contribution >= 4 is 48.2 Å². The molecule has 1 aliphatic rings. The molecule has 9 nitrogen and oxygen atoms in total. The topological polar surface area (TPSA) is 114 Å². The number of sulfone groups is 1. The smallest absolute Gasteiger partial charge is 0.229 e. The van der Waals surface area contributed by atoms with Crippen LogP contribution in [0.5, 0.6) is 0 Å². The normalized spacial score (nSPS) is 15.3. The van der Waals surface area contributed by atoms with Crippen LogP contribution in [0.2, 0.25) is 0 Å². The van der Waals surface area contributed by atoms with Gasteiger partial charge in [0.2, 0.25) is 5.89 Å². The van der Waals surface area contributed by atoms with Gasteiger partial charge >= 0.3 is 0 Å². The minimum atomic E-state index is -3.62. The van der Waals surface area contributed by atoms with Crippen molar-refractivity contribution in [2.45, 2.75) is 43.4 Å². The van der Waals surface area contributed by atoms with Crippen LogP contribution in [-0.4, -0.2) is 47.9 Å². The Kier molecular flexibility index (Phi) is 6.18. The Morgan fingerprint density at radius 3 is 2.57 bits per heavy atom. The number of thiazole rings is 1. The molecule has 1 N–H and O–H groups in total. The zero-order valence-corrected chi connectivity index (χ0v) is 21.2. The summed E-state index contributed by atoms with van der Waals surface area (Å²) in [5.41, 5.74) is 1.20. The van der Waals surface area contributed by atoms with Crippen molar-refractivity contribution in [3.05, 3.63) is 47.9 Å². The Morgan fingerprint density at radius 1 is 1.14 bits per heavy atom. The first-order valence-corrected chi connectivity index (χ1v) is 14.0. The predicted molar refractivity (Wildman–Crippen MR) is 133 cm³/mol. The number of hydrogen-bond donors (Lipinski definition) is 1. The molecule has 1 aliphatic heterocycles. The third-order valence-electron chi connectivity index (χ3n) is 5.94. The van der Waals surface area contributed by atoms with E-state index in [1.54, 1.807) is 6.07 Å². The molecule has 0 bridgehead atoms. The molecule has 0 saturated carbocycles. The van der Waals surface area contributed by atoms with Crippen molar-refractivity contribution in [2.24, 2.45) is 0 Å². The molecular formula is C23H25FN6O3S2. The van der Waals surface area contributed by atoms with E-state index in [0.717, 1.165) is 65.4 Å². The van der Waals surface area contributed by atoms with Crippen LogP contribution in [0.1, 0.15) is 50.2 Å². The second kappa shape index (κ2) is 9.15. The molecule has 1 fully saturated rings. The van der Waals surface area contributed by atoms with Crippen LogP contribution in [0.3, 0.4) is 0 Å². The molecule has 184 valence electrons. The summed E-state index contributed by atoms with van der Waals surface area (Å²) < 4.78 is 43.0. The highest BCUT2D eigenvalue weighted by Gasteiger charge is 2.27. The molecule has 1 aromatic carbocycles. The number of piperidine rings is 1. The van der Waals surface area contributed by atoms with Gasteiger partial charge in [0.15, 0.2) is 20.8 Å². The molecule has 0 amide bonds. The van der Waals surface area contributed by atoms with Gasteiger partial charge in [-0.2, -0.15) is 4.98 Å². The second-order valence-electron chi connectivity index (χ2n) is 8.97. The van der Waals surface area contributed by atoms with E-state index < -0.39 is 15.7 Å². The number of halogens is 1. The standard InChI is InChI=1S/C23H25FN6O3S2/c1-13(2)20-28-21(33-29-20)14-8-10-30(11-9-14)23-26-17-5-7-19(27-22(17)34-23)25-15-4-6-18(16(24)12-15)35(3,31)32/h4-7,12-14H,8-11H2,1-3H3,(H,25,27). The van der Waals surface area contributed by atoms with Crippen molar-refractivity contribution in [3.8, 4) is 0 Å². The summed E-state index contributed by atoms with van der Waals surface area (Å²) in [5, 5.41) is 8.02. The SMILES string of the molecule is CC(C)c1noc(C2CCN(c3nc4ccc(Nc5ccc(S(C)(=O)=O)c(F)c5)nc4s3)CC2)n1. The summed E-state index contributed by atoms with van der Waals surface area (Å²) in [6, 6.07) is 7.55. The van der Waals surface area contributed by atoms with E-state index in [1.807, 2.05) is 19.9 Å². The number of pyridine rings is 1. The van der Waals surface area contributed by atoms with E-state index in [1.165, 1.54) is 23.5 Å². The number of hydrogen-bond acceptors (Lipinski definition) is 10. The summed E-state index contributed by atoms with van der Waals surface area (Å²) in [7, 11) is -3.62. The molecule has 0 unspecified atom stereocenters. The Balaban J connectivity index is 1.27. The Bertz CT molecular complexity index is 1480. The predicted octanol–water partition coefficient (Wildman–Crippen LogP) is 4.87. The summed E-state index contributed by atoms with van der Waals surface area (Å²) >= 11 is 1.50. The largest absolute Gasteiger partial charge is 0.348 e. The van der Waals surface area contributed by atoms with E-state index in [0.29, 0.717) is 11.5 Å². The van der Waals surface area contributed by atoms with Gasteiger partial charge in [0.05, 0.1) is 0 Å². The van der Waals surface area contributed by atoms with Crippen LogP contribution in [0.15, 0.2) is 39.8 Å². The second-order valence-corrected chi connectivity index (χ2v) is 11.9. The van der Waals surface area contributed by atoms with Crippen LogP contribution in [-0.2, 0) is 9.84 Å². The zero-order valence-electron chi connectivity index (χ0n) is 19.5. The highest BCUT2D eigenvalue weighted by molar-refractivity contribution is 7.90. The first-order valence-electron chi connectivity index (χ1n) is 11.3. The van der Waals surface area contributed by atoms with Crippen LogP contribution in [0, 0.1) is 5.82 Å². The van der Waals surface area contributed by atoms with Gasteiger partial charge in [-0.25, -0.2) is 22.8 Å². The van der Waals surface area contributed by atoms with E-state index in [4.69, 9.17) is 9.51 Å². The molecule has 0 aliphatic carbocycles. The van der Waals surface area contributed by atoms with Crippen molar-refractivity contribution in [1.82, 2.24) is 20.1 Å². The van der Waals surface area contributed by atoms with E-state index in [-0.39, 0.29) is 16.7 Å². The fraction of sp³-hybridized carbons (Fsp3) is 0.391. The maximum Gasteiger partial charge on any atom is 0.229 e. The van der Waals surface area contributed by atoms with Gasteiger partial charge < -0.3 is 14.7 Å². The number of anilines is 3. The first-order chi connectivity index (χ1) is 16.7. The number of nitrogens with one attached hydrogen (secondary N) is 1. The fourth-order valence-electron chi connectivity index (χ4n) is 4.00. The number of fused-ring (bicyclic) bond motifs is 1. The average Bonchev–Trinajstić information content (AvgIpc) is 3.46. The van der Waals surface area contributed by atoms with Crippen molar-refractivity contribution < 1.29 is 17.3 Å². The lowest BCUT2D eigenvalue weighted by molar-refractivity contribution is 0.326. The Morgan fingerprint density at radius 2 is 1.91 bits per heavy atom. The van der Waals surface area contributed by atoms with Crippen LogP contribution in [0.4, 0.5) is 21.0 Å². The van der Waals surface area contributed by atoms with Crippen molar-refractivity contribution in [2.75, 3.05) is 29.6 Å². The first kappa shape index (κ1) is 23.6. The summed E-state index contributed by atoms with van der Waals surface area (Å²) in [5.74, 6) is 1.68. The van der Waals surface area contributed by atoms with Gasteiger partial charge in [0.25, 0.3) is 0 Å². The van der Waals surface area contributed by atoms with Gasteiger partial charge in [-0.05, 0) is 43.2 Å². The molecule has 0 spiro atoms. The van der Waals surface area contributed by atoms with Gasteiger partial charge in [0.1, 0.15) is 26.9 Å². The van der Waals surface area contributed by atoms with Gasteiger partial charge in [0, 0.05) is 36.9 Å². The molecule has 35 heavy (non-hydrogen) atoms. The molecule has 3 aromatic heterocycles. The lowest BCUT2D eigenvalue weighted by Crippen LogP contribution is -2.32. The number of benzene rings is 1. The van der Waals surface area contributed by atoms with Gasteiger partial charge in [-0.1, -0.05) is 30.3 Å². The third kappa shape index (κ3) is 4.98. The lowest BCUT2D eigenvalue weighted by atomic mass is 9.97. The van der Waals surface area contributed by atoms with Crippen LogP contribution in [0.25, 0.3) is 10.3 Å².